The second kappa shape index (κ2) is 8.02. The minimum atomic E-state index is -0.129. The molecule has 1 atom stereocenters. The number of aromatic nitrogens is 3. The molecule has 7 nitrogen and oxygen atoms in total. The molecule has 0 radical (unpaired) electrons. The number of carbonyl (C=O) groups excluding carboxylic acids is 1. The third-order valence-corrected chi connectivity index (χ3v) is 4.20. The Hall–Kier alpha value is -2.54. The fraction of sp³-hybridized carbons (Fsp3) is 0.444. The van der Waals surface area contributed by atoms with E-state index in [-0.39, 0.29) is 11.9 Å². The zero-order chi connectivity index (χ0) is 17.6. The van der Waals surface area contributed by atoms with Crippen LogP contribution >= 0.6 is 0 Å². The number of carbonyl (C=O) groups is 1. The molecule has 2 N–H and O–H groups in total. The quantitative estimate of drug-likeness (QED) is 0.775. The molecule has 2 heterocycles. The zero-order valence-corrected chi connectivity index (χ0v) is 14.6. The normalized spacial score (nSPS) is 16.2. The van der Waals surface area contributed by atoms with Gasteiger partial charge in [-0.25, -0.2) is 15.0 Å². The van der Waals surface area contributed by atoms with Gasteiger partial charge in [-0.1, -0.05) is 6.07 Å². The first-order valence-electron chi connectivity index (χ1n) is 8.48. The van der Waals surface area contributed by atoms with Crippen LogP contribution in [-0.2, 0) is 17.6 Å². The van der Waals surface area contributed by atoms with Gasteiger partial charge in [-0.15, -0.1) is 0 Å². The summed E-state index contributed by atoms with van der Waals surface area (Å²) < 4.78 is 5.01. The smallest absolute Gasteiger partial charge is 0.270 e. The van der Waals surface area contributed by atoms with Crippen LogP contribution < -0.4 is 10.6 Å². The molecule has 132 valence electrons. The van der Waals surface area contributed by atoms with Gasteiger partial charge in [0.1, 0.15) is 5.69 Å². The van der Waals surface area contributed by atoms with Crippen molar-refractivity contribution in [3.8, 4) is 0 Å². The summed E-state index contributed by atoms with van der Waals surface area (Å²) in [7, 11) is 1.66. The molecule has 1 amide bonds. The average Bonchev–Trinajstić information content (AvgIpc) is 2.62. The molecule has 1 aliphatic rings. The van der Waals surface area contributed by atoms with E-state index in [1.807, 2.05) is 25.3 Å². The zero-order valence-electron chi connectivity index (χ0n) is 14.6. The number of nitrogens with one attached hydrogen (secondary N) is 2. The van der Waals surface area contributed by atoms with Crippen LogP contribution in [0.4, 0.5) is 5.95 Å². The SMILES string of the molecule is COCCNc1ncc2c(n1)CC[C@@H](NC(=O)c1cccc(C)n1)C2. The molecule has 0 saturated carbocycles. The van der Waals surface area contributed by atoms with Crippen molar-refractivity contribution in [2.75, 3.05) is 25.6 Å². The third kappa shape index (κ3) is 4.51. The molecule has 0 saturated heterocycles. The largest absolute Gasteiger partial charge is 0.383 e. The average molecular weight is 341 g/mol. The number of fused-ring (bicyclic) bond motifs is 1. The fourth-order valence-electron chi connectivity index (χ4n) is 2.91. The van der Waals surface area contributed by atoms with Crippen LogP contribution in [0.25, 0.3) is 0 Å². The van der Waals surface area contributed by atoms with Gasteiger partial charge >= 0.3 is 0 Å². The lowest BCUT2D eigenvalue weighted by molar-refractivity contribution is 0.0928. The minimum absolute atomic E-state index is 0.0817. The molecule has 25 heavy (non-hydrogen) atoms. The summed E-state index contributed by atoms with van der Waals surface area (Å²) in [5, 5.41) is 6.21. The van der Waals surface area contributed by atoms with Gasteiger partial charge < -0.3 is 15.4 Å². The highest BCUT2D eigenvalue weighted by atomic mass is 16.5. The summed E-state index contributed by atoms with van der Waals surface area (Å²) in [5.74, 6) is 0.498. The van der Waals surface area contributed by atoms with Gasteiger partial charge in [0.2, 0.25) is 5.95 Å². The van der Waals surface area contributed by atoms with Gasteiger partial charge in [-0.3, -0.25) is 4.79 Å². The number of aryl methyl sites for hydroxylation is 2. The highest BCUT2D eigenvalue weighted by Gasteiger charge is 2.22. The van der Waals surface area contributed by atoms with Crippen LogP contribution in [0.2, 0.25) is 0 Å². The van der Waals surface area contributed by atoms with Crippen molar-refractivity contribution in [2.24, 2.45) is 0 Å². The highest BCUT2D eigenvalue weighted by molar-refractivity contribution is 5.92. The van der Waals surface area contributed by atoms with E-state index in [1.54, 1.807) is 13.2 Å². The number of hydrogen-bond donors (Lipinski definition) is 2. The van der Waals surface area contributed by atoms with Crippen molar-refractivity contribution in [2.45, 2.75) is 32.2 Å². The molecule has 0 fully saturated rings. The van der Waals surface area contributed by atoms with E-state index in [1.165, 1.54) is 0 Å². The van der Waals surface area contributed by atoms with E-state index in [0.717, 1.165) is 36.2 Å². The first-order valence-corrected chi connectivity index (χ1v) is 8.48. The first kappa shape index (κ1) is 17.3. The number of anilines is 1. The molecule has 2 aromatic heterocycles. The molecule has 0 spiro atoms. The number of amides is 1. The summed E-state index contributed by atoms with van der Waals surface area (Å²) in [6, 6.07) is 5.54. The molecule has 2 aromatic rings. The van der Waals surface area contributed by atoms with E-state index in [0.29, 0.717) is 24.8 Å². The Kier molecular flexibility index (Phi) is 5.55. The van der Waals surface area contributed by atoms with Crippen molar-refractivity contribution < 1.29 is 9.53 Å². The van der Waals surface area contributed by atoms with E-state index >= 15 is 0 Å². The lowest BCUT2D eigenvalue weighted by Crippen LogP contribution is -2.39. The predicted molar refractivity (Wildman–Crippen MR) is 94.7 cm³/mol. The van der Waals surface area contributed by atoms with E-state index in [9.17, 15) is 4.79 Å². The Morgan fingerprint density at radius 3 is 3.04 bits per heavy atom. The van der Waals surface area contributed by atoms with Gasteiger partial charge in [0.15, 0.2) is 0 Å². The van der Waals surface area contributed by atoms with Crippen molar-refractivity contribution in [3.05, 3.63) is 47.0 Å². The van der Waals surface area contributed by atoms with Crippen molar-refractivity contribution in [1.29, 1.82) is 0 Å². The van der Waals surface area contributed by atoms with Gasteiger partial charge in [0.05, 0.1) is 6.61 Å². The maximum atomic E-state index is 12.4. The molecular formula is C18H23N5O2. The van der Waals surface area contributed by atoms with Gasteiger partial charge in [0.25, 0.3) is 5.91 Å². The standard InChI is InChI=1S/C18H23N5O2/c1-12-4-3-5-16(21-12)17(24)22-14-6-7-15-13(10-14)11-20-18(23-15)19-8-9-25-2/h3-5,11,14H,6-10H2,1-2H3,(H,22,24)(H,19,20,23)/t14-/m1/s1. The molecule has 3 rings (SSSR count). The third-order valence-electron chi connectivity index (χ3n) is 4.20. The predicted octanol–water partition coefficient (Wildman–Crippen LogP) is 1.53. The van der Waals surface area contributed by atoms with Crippen LogP contribution in [0.15, 0.2) is 24.4 Å². The number of rotatable bonds is 6. The van der Waals surface area contributed by atoms with Crippen LogP contribution in [0, 0.1) is 6.92 Å². The molecule has 0 bridgehead atoms. The summed E-state index contributed by atoms with van der Waals surface area (Å²) in [6.07, 6.45) is 4.27. The van der Waals surface area contributed by atoms with Crippen LogP contribution in [0.5, 0.6) is 0 Å². The van der Waals surface area contributed by atoms with Crippen molar-refractivity contribution in [1.82, 2.24) is 20.3 Å². The number of pyridine rings is 1. The number of ether oxygens (including phenoxy) is 1. The lowest BCUT2D eigenvalue weighted by atomic mass is 9.93. The monoisotopic (exact) mass is 341 g/mol. The summed E-state index contributed by atoms with van der Waals surface area (Å²) in [6.45, 7) is 3.17. The molecule has 1 aliphatic carbocycles. The van der Waals surface area contributed by atoms with Gasteiger partial charge in [-0.05, 0) is 43.9 Å². The first-order chi connectivity index (χ1) is 12.2. The molecule has 0 aromatic carbocycles. The highest BCUT2D eigenvalue weighted by Crippen LogP contribution is 2.20. The maximum absolute atomic E-state index is 12.4. The second-order valence-electron chi connectivity index (χ2n) is 6.16. The second-order valence-corrected chi connectivity index (χ2v) is 6.16. The Morgan fingerprint density at radius 2 is 2.24 bits per heavy atom. The number of nitrogens with zero attached hydrogens (tertiary/aromatic N) is 3. The Balaban J connectivity index is 1.60. The topological polar surface area (TPSA) is 89.0 Å². The Labute approximate surface area is 147 Å². The molecule has 0 aliphatic heterocycles. The van der Waals surface area contributed by atoms with Gasteiger partial charge in [-0.2, -0.15) is 0 Å². The lowest BCUT2D eigenvalue weighted by Gasteiger charge is -2.24. The van der Waals surface area contributed by atoms with E-state index in [4.69, 9.17) is 4.74 Å². The Morgan fingerprint density at radius 1 is 1.36 bits per heavy atom. The van der Waals surface area contributed by atoms with Crippen LogP contribution in [0.3, 0.4) is 0 Å². The summed E-state index contributed by atoms with van der Waals surface area (Å²) in [4.78, 5) is 25.5. The number of methoxy groups -OCH3 is 1. The van der Waals surface area contributed by atoms with Gasteiger partial charge in [0, 0.05) is 37.3 Å². The molecule has 0 unspecified atom stereocenters. The van der Waals surface area contributed by atoms with Crippen molar-refractivity contribution in [3.63, 3.8) is 0 Å². The fourth-order valence-corrected chi connectivity index (χ4v) is 2.91. The molecule has 7 heteroatoms. The van der Waals surface area contributed by atoms with Crippen LogP contribution in [0.1, 0.15) is 33.9 Å². The maximum Gasteiger partial charge on any atom is 0.270 e. The van der Waals surface area contributed by atoms with Crippen molar-refractivity contribution >= 4 is 11.9 Å². The molecular weight excluding hydrogens is 318 g/mol. The van der Waals surface area contributed by atoms with E-state index < -0.39 is 0 Å². The minimum Gasteiger partial charge on any atom is -0.383 e. The summed E-state index contributed by atoms with van der Waals surface area (Å²) >= 11 is 0. The van der Waals surface area contributed by atoms with Crippen LogP contribution in [-0.4, -0.2) is 47.2 Å². The Bertz CT molecular complexity index is 750. The summed E-state index contributed by atoms with van der Waals surface area (Å²) in [5.41, 5.74) is 3.43. The van der Waals surface area contributed by atoms with E-state index in [2.05, 4.69) is 25.6 Å². The number of hydrogen-bond acceptors (Lipinski definition) is 6.